The lowest BCUT2D eigenvalue weighted by Crippen LogP contribution is -2.47. The van der Waals surface area contributed by atoms with E-state index in [-0.39, 0.29) is 18.2 Å². The van der Waals surface area contributed by atoms with Crippen molar-refractivity contribution in [3.05, 3.63) is 17.0 Å². The summed E-state index contributed by atoms with van der Waals surface area (Å²) in [6.45, 7) is 13.7. The fourth-order valence-electron chi connectivity index (χ4n) is 2.53. The Labute approximate surface area is 117 Å². The SMILES string of the molecule is CCCNC(C)(CO)CC(C)n1nc(C)c(C)c1C. The van der Waals surface area contributed by atoms with Crippen LogP contribution in [0.5, 0.6) is 0 Å². The van der Waals surface area contributed by atoms with Crippen LogP contribution in [0.1, 0.15) is 56.6 Å². The molecular formula is C15H29N3O. The minimum atomic E-state index is -0.240. The third kappa shape index (κ3) is 3.80. The molecule has 4 nitrogen and oxygen atoms in total. The Hall–Kier alpha value is -0.870. The highest BCUT2D eigenvalue weighted by atomic mass is 16.3. The highest BCUT2D eigenvalue weighted by Crippen LogP contribution is 2.24. The van der Waals surface area contributed by atoms with Crippen LogP contribution in [-0.2, 0) is 0 Å². The number of hydrogen-bond acceptors (Lipinski definition) is 3. The number of aliphatic hydroxyl groups is 1. The van der Waals surface area contributed by atoms with Gasteiger partial charge in [-0.3, -0.25) is 4.68 Å². The number of aryl methyl sites for hydroxylation is 1. The fourth-order valence-corrected chi connectivity index (χ4v) is 2.53. The fraction of sp³-hybridized carbons (Fsp3) is 0.800. The van der Waals surface area contributed by atoms with E-state index in [1.807, 2.05) is 6.92 Å². The molecule has 0 aromatic carbocycles. The third-order valence-corrected chi connectivity index (χ3v) is 4.00. The van der Waals surface area contributed by atoms with Gasteiger partial charge in [0.1, 0.15) is 0 Å². The normalized spacial score (nSPS) is 16.4. The number of rotatable bonds is 7. The van der Waals surface area contributed by atoms with E-state index in [1.165, 1.54) is 11.3 Å². The first-order chi connectivity index (χ1) is 8.84. The van der Waals surface area contributed by atoms with E-state index in [2.05, 4.69) is 49.7 Å². The zero-order valence-corrected chi connectivity index (χ0v) is 13.2. The van der Waals surface area contributed by atoms with Crippen molar-refractivity contribution in [2.24, 2.45) is 0 Å². The summed E-state index contributed by atoms with van der Waals surface area (Å²) in [5, 5.41) is 17.7. The Morgan fingerprint density at radius 1 is 1.37 bits per heavy atom. The molecule has 0 aliphatic rings. The molecule has 0 amide bonds. The highest BCUT2D eigenvalue weighted by molar-refractivity contribution is 5.22. The van der Waals surface area contributed by atoms with Crippen LogP contribution in [-0.4, -0.2) is 33.6 Å². The average Bonchev–Trinajstić information content (AvgIpc) is 2.64. The lowest BCUT2D eigenvalue weighted by Gasteiger charge is -2.32. The quantitative estimate of drug-likeness (QED) is 0.798. The van der Waals surface area contributed by atoms with Crippen molar-refractivity contribution in [2.45, 2.75) is 66.0 Å². The molecule has 0 aliphatic heterocycles. The Balaban J connectivity index is 2.82. The zero-order valence-electron chi connectivity index (χ0n) is 13.2. The summed E-state index contributed by atoms with van der Waals surface area (Å²) in [5.41, 5.74) is 3.34. The maximum atomic E-state index is 9.64. The van der Waals surface area contributed by atoms with Crippen LogP contribution in [0.4, 0.5) is 0 Å². The second kappa shape index (κ2) is 6.53. The van der Waals surface area contributed by atoms with Crippen LogP contribution in [0.25, 0.3) is 0 Å². The molecule has 1 heterocycles. The Morgan fingerprint density at radius 3 is 2.42 bits per heavy atom. The van der Waals surface area contributed by atoms with Gasteiger partial charge >= 0.3 is 0 Å². The summed E-state index contributed by atoms with van der Waals surface area (Å²) in [6.07, 6.45) is 1.94. The van der Waals surface area contributed by atoms with Gasteiger partial charge in [0, 0.05) is 11.2 Å². The molecule has 0 fully saturated rings. The second-order valence-electron chi connectivity index (χ2n) is 5.94. The summed E-state index contributed by atoms with van der Waals surface area (Å²) in [7, 11) is 0. The number of aliphatic hydroxyl groups excluding tert-OH is 1. The molecule has 0 aliphatic carbocycles. The molecule has 2 N–H and O–H groups in total. The van der Waals surface area contributed by atoms with Gasteiger partial charge in [0.25, 0.3) is 0 Å². The number of nitrogens with one attached hydrogen (secondary N) is 1. The summed E-state index contributed by atoms with van der Waals surface area (Å²) in [5.74, 6) is 0. The van der Waals surface area contributed by atoms with Crippen LogP contribution in [0.3, 0.4) is 0 Å². The van der Waals surface area contributed by atoms with Gasteiger partial charge in [0.05, 0.1) is 18.3 Å². The van der Waals surface area contributed by atoms with Crippen LogP contribution < -0.4 is 5.32 Å². The summed E-state index contributed by atoms with van der Waals surface area (Å²) < 4.78 is 2.09. The molecular weight excluding hydrogens is 238 g/mol. The molecule has 0 spiro atoms. The molecule has 0 saturated carbocycles. The maximum Gasteiger partial charge on any atom is 0.0625 e. The first-order valence-electron chi connectivity index (χ1n) is 7.23. The standard InChI is InChI=1S/C15H29N3O/c1-7-8-16-15(6,10-19)9-11(2)18-14(5)12(3)13(4)17-18/h11,16,19H,7-10H2,1-6H3. The van der Waals surface area contributed by atoms with Crippen molar-refractivity contribution in [1.82, 2.24) is 15.1 Å². The van der Waals surface area contributed by atoms with E-state index in [9.17, 15) is 5.11 Å². The van der Waals surface area contributed by atoms with Gasteiger partial charge in [-0.2, -0.15) is 5.10 Å². The molecule has 2 unspecified atom stereocenters. The van der Waals surface area contributed by atoms with E-state index < -0.39 is 0 Å². The minimum absolute atomic E-state index is 0.148. The number of nitrogens with zero attached hydrogens (tertiary/aromatic N) is 2. The van der Waals surface area contributed by atoms with Crippen molar-refractivity contribution in [1.29, 1.82) is 0 Å². The van der Waals surface area contributed by atoms with Crippen LogP contribution in [0.15, 0.2) is 0 Å². The predicted octanol–water partition coefficient (Wildman–Crippen LogP) is 2.51. The Bertz CT molecular complexity index is 414. The average molecular weight is 267 g/mol. The van der Waals surface area contributed by atoms with Gasteiger partial charge in [0.2, 0.25) is 0 Å². The lowest BCUT2D eigenvalue weighted by atomic mass is 9.94. The molecule has 1 aromatic rings. The highest BCUT2D eigenvalue weighted by Gasteiger charge is 2.27. The number of aromatic nitrogens is 2. The third-order valence-electron chi connectivity index (χ3n) is 4.00. The van der Waals surface area contributed by atoms with Gasteiger partial charge in [-0.25, -0.2) is 0 Å². The first-order valence-corrected chi connectivity index (χ1v) is 7.23. The molecule has 1 aromatic heterocycles. The second-order valence-corrected chi connectivity index (χ2v) is 5.94. The van der Waals surface area contributed by atoms with Crippen molar-refractivity contribution in [3.8, 4) is 0 Å². The lowest BCUT2D eigenvalue weighted by molar-refractivity contribution is 0.148. The van der Waals surface area contributed by atoms with Crippen molar-refractivity contribution in [2.75, 3.05) is 13.2 Å². The predicted molar refractivity (Wildman–Crippen MR) is 79.6 cm³/mol. The maximum absolute atomic E-state index is 9.64. The molecule has 1 rings (SSSR count). The van der Waals surface area contributed by atoms with Crippen molar-refractivity contribution < 1.29 is 5.11 Å². The van der Waals surface area contributed by atoms with E-state index in [1.54, 1.807) is 0 Å². The molecule has 0 radical (unpaired) electrons. The summed E-state index contributed by atoms with van der Waals surface area (Å²) >= 11 is 0. The molecule has 4 heteroatoms. The minimum Gasteiger partial charge on any atom is -0.394 e. The van der Waals surface area contributed by atoms with Gasteiger partial charge in [-0.15, -0.1) is 0 Å². The summed E-state index contributed by atoms with van der Waals surface area (Å²) in [6, 6.07) is 0.272. The smallest absolute Gasteiger partial charge is 0.0625 e. The van der Waals surface area contributed by atoms with Crippen LogP contribution in [0, 0.1) is 20.8 Å². The largest absolute Gasteiger partial charge is 0.394 e. The van der Waals surface area contributed by atoms with Gasteiger partial charge < -0.3 is 10.4 Å². The Kier molecular flexibility index (Phi) is 5.56. The van der Waals surface area contributed by atoms with Gasteiger partial charge in [0.15, 0.2) is 0 Å². The monoisotopic (exact) mass is 267 g/mol. The molecule has 110 valence electrons. The van der Waals surface area contributed by atoms with Crippen LogP contribution in [0.2, 0.25) is 0 Å². The van der Waals surface area contributed by atoms with Gasteiger partial charge in [-0.1, -0.05) is 6.92 Å². The van der Waals surface area contributed by atoms with E-state index in [4.69, 9.17) is 0 Å². The number of hydrogen-bond donors (Lipinski definition) is 2. The van der Waals surface area contributed by atoms with Gasteiger partial charge in [-0.05, 0) is 59.6 Å². The summed E-state index contributed by atoms with van der Waals surface area (Å²) in [4.78, 5) is 0. The molecule has 0 bridgehead atoms. The zero-order chi connectivity index (χ0) is 14.6. The molecule has 19 heavy (non-hydrogen) atoms. The topological polar surface area (TPSA) is 50.1 Å². The molecule has 0 saturated heterocycles. The van der Waals surface area contributed by atoms with E-state index >= 15 is 0 Å². The Morgan fingerprint density at radius 2 is 2.00 bits per heavy atom. The first kappa shape index (κ1) is 16.2. The molecule has 2 atom stereocenters. The van der Waals surface area contributed by atoms with Crippen molar-refractivity contribution >= 4 is 0 Å². The van der Waals surface area contributed by atoms with E-state index in [0.717, 1.165) is 25.1 Å². The van der Waals surface area contributed by atoms with Crippen molar-refractivity contribution in [3.63, 3.8) is 0 Å². The van der Waals surface area contributed by atoms with Crippen LogP contribution >= 0.6 is 0 Å². The van der Waals surface area contributed by atoms with E-state index in [0.29, 0.717) is 0 Å².